The first kappa shape index (κ1) is 24.3. The summed E-state index contributed by atoms with van der Waals surface area (Å²) in [6, 6.07) is 9.45. The molecule has 13 heteroatoms. The lowest BCUT2D eigenvalue weighted by Gasteiger charge is -2.30. The summed E-state index contributed by atoms with van der Waals surface area (Å²) in [6.45, 7) is -0.517. The molecule has 3 aromatic rings. The number of aromatic nitrogens is 1. The topological polar surface area (TPSA) is 97.3 Å². The summed E-state index contributed by atoms with van der Waals surface area (Å²) in [4.78, 5) is 50.6. The number of halogens is 4. The van der Waals surface area contributed by atoms with Crippen LogP contribution in [0.1, 0.15) is 21.9 Å². The normalized spacial score (nSPS) is 21.1. The molecule has 0 spiro atoms. The highest BCUT2D eigenvalue weighted by Gasteiger charge is 2.52. The molecule has 1 aromatic heterocycles. The molecule has 0 saturated carbocycles. The molecule has 5 rings (SSSR count). The van der Waals surface area contributed by atoms with E-state index in [1.807, 2.05) is 0 Å². The Morgan fingerprint density at radius 1 is 1.06 bits per heavy atom. The Labute approximate surface area is 208 Å². The summed E-state index contributed by atoms with van der Waals surface area (Å²) in [5.74, 6) is -3.83. The maximum absolute atomic E-state index is 13.5. The molecule has 0 aliphatic carbocycles. The van der Waals surface area contributed by atoms with Crippen LogP contribution in [0.2, 0.25) is 0 Å². The maximum atomic E-state index is 13.5. The van der Waals surface area contributed by atoms with Crippen LogP contribution in [-0.4, -0.2) is 27.5 Å². The van der Waals surface area contributed by atoms with E-state index in [2.05, 4.69) is 10.6 Å². The zero-order valence-corrected chi connectivity index (χ0v) is 19.6. The lowest BCUT2D eigenvalue weighted by molar-refractivity contribution is -0.137. The molecule has 2 aromatic carbocycles. The van der Waals surface area contributed by atoms with Gasteiger partial charge in [-0.05, 0) is 35.9 Å². The summed E-state index contributed by atoms with van der Waals surface area (Å²) in [7, 11) is 0. The molecule has 2 aliphatic rings. The highest BCUT2D eigenvalue weighted by molar-refractivity contribution is 8.00. The average Bonchev–Trinajstić information content (AvgIpc) is 3.27. The number of nitrogens with one attached hydrogen (secondary N) is 2. The van der Waals surface area contributed by atoms with Crippen LogP contribution in [0.25, 0.3) is 0 Å². The number of fused-ring (bicyclic) bond motifs is 2. The third-order valence-corrected chi connectivity index (χ3v) is 8.51. The van der Waals surface area contributed by atoms with Gasteiger partial charge in [-0.25, -0.2) is 4.39 Å². The Morgan fingerprint density at radius 2 is 1.78 bits per heavy atom. The monoisotopic (exact) mass is 537 g/mol. The van der Waals surface area contributed by atoms with Crippen molar-refractivity contribution in [2.45, 2.75) is 28.9 Å². The molecule has 0 bridgehead atoms. The average molecular weight is 538 g/mol. The Balaban J connectivity index is 1.49. The largest absolute Gasteiger partial charge is 0.416 e. The number of benzene rings is 2. The van der Waals surface area contributed by atoms with Crippen LogP contribution in [-0.2, 0) is 27.1 Å². The van der Waals surface area contributed by atoms with Crippen LogP contribution < -0.4 is 15.5 Å². The number of hydrogen-bond donors (Lipinski definition) is 2. The standard InChI is InChI=1S/C23H15F4N3O4S2/c24-12-6-4-10(5-7-12)15-16-17(20(33)29-19(16)32)35-21-18(15)36-22(34)30(21)9-14(31)28-13-3-1-2-11(8-13)23(25,26)27/h1-8,15-17H,9H2,(H,28,31)(H,29,32,33)/t15-,16?,17?/m0/s1. The lowest BCUT2D eigenvalue weighted by atomic mass is 9.83. The third kappa shape index (κ3) is 4.32. The molecule has 2 unspecified atom stereocenters. The van der Waals surface area contributed by atoms with Gasteiger partial charge in [-0.3, -0.25) is 29.1 Å². The van der Waals surface area contributed by atoms with Crippen molar-refractivity contribution in [1.29, 1.82) is 0 Å². The van der Waals surface area contributed by atoms with E-state index in [4.69, 9.17) is 0 Å². The van der Waals surface area contributed by atoms with Crippen LogP contribution in [0, 0.1) is 11.7 Å². The van der Waals surface area contributed by atoms with Crippen molar-refractivity contribution in [3.63, 3.8) is 0 Å². The molecule has 2 N–H and O–H groups in total. The number of hydrogen-bond acceptors (Lipinski definition) is 6. The molecule has 186 valence electrons. The van der Waals surface area contributed by atoms with Crippen LogP contribution in [0.15, 0.2) is 58.4 Å². The molecule has 3 heterocycles. The zero-order valence-electron chi connectivity index (χ0n) is 18.0. The SMILES string of the molecule is O=C(Cn1c2c(sc1=O)[C@@H](c1ccc(F)cc1)C1C(=O)NC(=O)C1S2)Nc1cccc(C(F)(F)F)c1. The first-order chi connectivity index (χ1) is 17.0. The van der Waals surface area contributed by atoms with Gasteiger partial charge >= 0.3 is 11.0 Å². The number of amides is 3. The van der Waals surface area contributed by atoms with Crippen LogP contribution in [0.4, 0.5) is 23.2 Å². The molecular weight excluding hydrogens is 522 g/mol. The molecule has 3 amide bonds. The fourth-order valence-corrected chi connectivity index (χ4v) is 7.06. The number of anilines is 1. The first-order valence-electron chi connectivity index (χ1n) is 10.5. The summed E-state index contributed by atoms with van der Waals surface area (Å²) in [5, 5.41) is 4.09. The van der Waals surface area contributed by atoms with Crippen molar-refractivity contribution in [2.24, 2.45) is 5.92 Å². The number of thiazole rings is 1. The van der Waals surface area contributed by atoms with E-state index in [0.717, 1.165) is 45.9 Å². The van der Waals surface area contributed by atoms with E-state index < -0.39 is 63.8 Å². The lowest BCUT2D eigenvalue weighted by Crippen LogP contribution is -2.32. The fraction of sp³-hybridized carbons (Fsp3) is 0.217. The third-order valence-electron chi connectivity index (χ3n) is 5.89. The Morgan fingerprint density at radius 3 is 2.47 bits per heavy atom. The Hall–Kier alpha value is -3.45. The minimum atomic E-state index is -4.59. The number of nitrogens with zero attached hydrogens (tertiary/aromatic N) is 1. The Bertz CT molecular complexity index is 1450. The van der Waals surface area contributed by atoms with Gasteiger partial charge in [-0.2, -0.15) is 13.2 Å². The molecule has 36 heavy (non-hydrogen) atoms. The van der Waals surface area contributed by atoms with Crippen LogP contribution in [0.5, 0.6) is 0 Å². The van der Waals surface area contributed by atoms with Crippen molar-refractivity contribution >= 4 is 46.5 Å². The van der Waals surface area contributed by atoms with Crippen LogP contribution >= 0.6 is 23.1 Å². The predicted octanol–water partition coefficient (Wildman–Crippen LogP) is 3.59. The Kier molecular flexibility index (Phi) is 5.99. The van der Waals surface area contributed by atoms with Gasteiger partial charge in [0.25, 0.3) is 0 Å². The molecule has 2 aliphatic heterocycles. The molecule has 1 fully saturated rings. The second-order valence-electron chi connectivity index (χ2n) is 8.20. The van der Waals surface area contributed by atoms with Gasteiger partial charge < -0.3 is 5.32 Å². The zero-order chi connectivity index (χ0) is 25.8. The number of alkyl halides is 3. The van der Waals surface area contributed by atoms with E-state index in [0.29, 0.717) is 15.5 Å². The minimum absolute atomic E-state index is 0.0929. The van der Waals surface area contributed by atoms with Gasteiger partial charge in [0.15, 0.2) is 0 Å². The van der Waals surface area contributed by atoms with E-state index >= 15 is 0 Å². The number of carbonyl (C=O) groups is 3. The first-order valence-corrected chi connectivity index (χ1v) is 12.2. The summed E-state index contributed by atoms with van der Waals surface area (Å²) >= 11 is 1.78. The molecule has 3 atom stereocenters. The van der Waals surface area contributed by atoms with Gasteiger partial charge in [0, 0.05) is 16.5 Å². The van der Waals surface area contributed by atoms with Gasteiger partial charge in [0.1, 0.15) is 17.6 Å². The highest BCUT2D eigenvalue weighted by atomic mass is 32.2. The highest BCUT2D eigenvalue weighted by Crippen LogP contribution is 2.51. The van der Waals surface area contributed by atoms with E-state index in [1.165, 1.54) is 30.3 Å². The van der Waals surface area contributed by atoms with Crippen molar-refractivity contribution in [3.05, 3.63) is 80.0 Å². The molecule has 1 saturated heterocycles. The van der Waals surface area contributed by atoms with Crippen molar-refractivity contribution in [2.75, 3.05) is 5.32 Å². The smallest absolute Gasteiger partial charge is 0.325 e. The number of rotatable bonds is 4. The van der Waals surface area contributed by atoms with Crippen molar-refractivity contribution < 1.29 is 31.9 Å². The fourth-order valence-electron chi connectivity index (χ4n) is 4.32. The number of imide groups is 1. The van der Waals surface area contributed by atoms with Gasteiger partial charge in [-0.1, -0.05) is 41.3 Å². The second-order valence-corrected chi connectivity index (χ2v) is 10.3. The quantitative estimate of drug-likeness (QED) is 0.392. The second kappa shape index (κ2) is 8.89. The van der Waals surface area contributed by atoms with Crippen molar-refractivity contribution in [1.82, 2.24) is 9.88 Å². The summed E-state index contributed by atoms with van der Waals surface area (Å²) in [5.41, 5.74) is -0.504. The maximum Gasteiger partial charge on any atom is 0.416 e. The van der Waals surface area contributed by atoms with Crippen LogP contribution in [0.3, 0.4) is 0 Å². The molecule has 7 nitrogen and oxygen atoms in total. The van der Waals surface area contributed by atoms with E-state index in [1.54, 1.807) is 0 Å². The number of thioether (sulfide) groups is 1. The summed E-state index contributed by atoms with van der Waals surface area (Å²) in [6.07, 6.45) is -4.59. The van der Waals surface area contributed by atoms with E-state index in [9.17, 15) is 36.7 Å². The van der Waals surface area contributed by atoms with Gasteiger partial charge in [0.05, 0.1) is 16.5 Å². The molecule has 0 radical (unpaired) electrons. The van der Waals surface area contributed by atoms with E-state index in [-0.39, 0.29) is 5.69 Å². The van der Waals surface area contributed by atoms with Gasteiger partial charge in [0.2, 0.25) is 17.7 Å². The number of carbonyl (C=O) groups excluding carboxylic acids is 3. The molecular formula is C23H15F4N3O4S2. The minimum Gasteiger partial charge on any atom is -0.325 e. The van der Waals surface area contributed by atoms with Crippen molar-refractivity contribution in [3.8, 4) is 0 Å². The predicted molar refractivity (Wildman–Crippen MR) is 123 cm³/mol. The van der Waals surface area contributed by atoms with Gasteiger partial charge in [-0.15, -0.1) is 0 Å². The summed E-state index contributed by atoms with van der Waals surface area (Å²) < 4.78 is 53.6.